The average Bonchev–Trinajstić information content (AvgIpc) is 3.48. The fourth-order valence-corrected chi connectivity index (χ4v) is 4.06. The number of hydrogen-bond acceptors (Lipinski definition) is 4. The third-order valence-corrected chi connectivity index (χ3v) is 5.92. The summed E-state index contributed by atoms with van der Waals surface area (Å²) in [6.45, 7) is 5.21. The van der Waals surface area contributed by atoms with Gasteiger partial charge in [-0.05, 0) is 61.4 Å². The molecule has 7 nitrogen and oxygen atoms in total. The molecule has 1 saturated carbocycles. The highest BCUT2D eigenvalue weighted by molar-refractivity contribution is 6.02. The maximum absolute atomic E-state index is 12.1. The number of guanidine groups is 1. The normalized spacial score (nSPS) is 15.6. The van der Waals surface area contributed by atoms with Crippen LogP contribution >= 0.6 is 0 Å². The van der Waals surface area contributed by atoms with Crippen molar-refractivity contribution in [2.75, 3.05) is 32.1 Å². The molecule has 0 bridgehead atoms. The lowest BCUT2D eigenvalue weighted by Crippen LogP contribution is -2.43. The van der Waals surface area contributed by atoms with Crippen LogP contribution in [0.25, 0.3) is 0 Å². The quantitative estimate of drug-likeness (QED) is 0.301. The highest BCUT2D eigenvalue weighted by Gasteiger charge is 2.33. The molecule has 1 fully saturated rings. The van der Waals surface area contributed by atoms with E-state index in [1.165, 1.54) is 31.9 Å². The Kier molecular flexibility index (Phi) is 8.53. The van der Waals surface area contributed by atoms with E-state index in [0.29, 0.717) is 17.7 Å². The van der Waals surface area contributed by atoms with Gasteiger partial charge in [-0.3, -0.25) is 9.79 Å². The molecule has 0 atom stereocenters. The average molecular weight is 427 g/mol. The lowest BCUT2D eigenvalue weighted by Gasteiger charge is -2.30. The van der Waals surface area contributed by atoms with Gasteiger partial charge in [0.05, 0.1) is 6.26 Å². The van der Waals surface area contributed by atoms with E-state index in [1.54, 1.807) is 19.2 Å². The van der Waals surface area contributed by atoms with Gasteiger partial charge in [-0.2, -0.15) is 0 Å². The number of anilines is 1. The van der Waals surface area contributed by atoms with Crippen molar-refractivity contribution < 1.29 is 13.9 Å². The smallest absolute Gasteiger partial charge is 0.291 e. The maximum atomic E-state index is 12.1. The van der Waals surface area contributed by atoms with Crippen LogP contribution in [0.2, 0.25) is 0 Å². The van der Waals surface area contributed by atoms with Crippen LogP contribution in [0.15, 0.2) is 52.1 Å². The lowest BCUT2D eigenvalue weighted by molar-refractivity contribution is 0.0996. The Morgan fingerprint density at radius 2 is 1.94 bits per heavy atom. The lowest BCUT2D eigenvalue weighted by atomic mass is 9.83. The number of nitrogens with zero attached hydrogens (tertiary/aromatic N) is 1. The van der Waals surface area contributed by atoms with E-state index in [2.05, 4.69) is 20.9 Å². The molecule has 1 aliphatic carbocycles. The monoisotopic (exact) mass is 426 g/mol. The van der Waals surface area contributed by atoms with E-state index in [-0.39, 0.29) is 5.91 Å². The maximum Gasteiger partial charge on any atom is 0.291 e. The molecule has 31 heavy (non-hydrogen) atoms. The topological polar surface area (TPSA) is 87.9 Å². The van der Waals surface area contributed by atoms with Crippen molar-refractivity contribution in [3.05, 3.63) is 54.0 Å². The SMILES string of the molecule is CCOCCC1(CNC(=NC)NCc2ccc(NC(=O)c3ccco3)cc2)CCCC1. The minimum absolute atomic E-state index is 0.259. The minimum atomic E-state index is -0.259. The summed E-state index contributed by atoms with van der Waals surface area (Å²) in [4.78, 5) is 16.4. The molecular weight excluding hydrogens is 392 g/mol. The van der Waals surface area contributed by atoms with Crippen LogP contribution < -0.4 is 16.0 Å². The van der Waals surface area contributed by atoms with Crippen LogP contribution in [0.4, 0.5) is 5.69 Å². The number of furan rings is 1. The molecule has 7 heteroatoms. The predicted molar refractivity (Wildman–Crippen MR) is 123 cm³/mol. The van der Waals surface area contributed by atoms with Crippen molar-refractivity contribution in [1.29, 1.82) is 0 Å². The molecule has 0 saturated heterocycles. The second-order valence-corrected chi connectivity index (χ2v) is 8.06. The van der Waals surface area contributed by atoms with Gasteiger partial charge in [0.25, 0.3) is 5.91 Å². The fourth-order valence-electron chi connectivity index (χ4n) is 4.06. The number of nitrogens with one attached hydrogen (secondary N) is 3. The molecule has 168 valence electrons. The van der Waals surface area contributed by atoms with E-state index in [1.807, 2.05) is 31.2 Å². The van der Waals surface area contributed by atoms with Crippen molar-refractivity contribution in [2.45, 2.75) is 45.6 Å². The third kappa shape index (κ3) is 6.85. The first-order valence-electron chi connectivity index (χ1n) is 11.1. The zero-order chi connectivity index (χ0) is 21.9. The van der Waals surface area contributed by atoms with Crippen LogP contribution in [0.3, 0.4) is 0 Å². The van der Waals surface area contributed by atoms with Crippen LogP contribution in [-0.2, 0) is 11.3 Å². The van der Waals surface area contributed by atoms with Crippen LogP contribution in [0, 0.1) is 5.41 Å². The van der Waals surface area contributed by atoms with Crippen molar-refractivity contribution in [2.24, 2.45) is 10.4 Å². The Balaban J connectivity index is 1.46. The molecule has 1 aromatic carbocycles. The van der Waals surface area contributed by atoms with Gasteiger partial charge in [0.1, 0.15) is 0 Å². The van der Waals surface area contributed by atoms with Crippen LogP contribution in [0.1, 0.15) is 55.1 Å². The van der Waals surface area contributed by atoms with Crippen molar-refractivity contribution in [3.63, 3.8) is 0 Å². The van der Waals surface area contributed by atoms with Gasteiger partial charge in [-0.25, -0.2) is 0 Å². The second-order valence-electron chi connectivity index (χ2n) is 8.06. The number of benzene rings is 1. The van der Waals surface area contributed by atoms with Gasteiger partial charge in [0, 0.05) is 39.0 Å². The molecule has 0 spiro atoms. The summed E-state index contributed by atoms with van der Waals surface area (Å²) >= 11 is 0. The molecule has 1 heterocycles. The third-order valence-electron chi connectivity index (χ3n) is 5.92. The minimum Gasteiger partial charge on any atom is -0.459 e. The first kappa shape index (κ1) is 22.9. The Hall–Kier alpha value is -2.80. The van der Waals surface area contributed by atoms with E-state index in [4.69, 9.17) is 9.15 Å². The highest BCUT2D eigenvalue weighted by atomic mass is 16.5. The summed E-state index contributed by atoms with van der Waals surface area (Å²) in [6, 6.07) is 11.1. The summed E-state index contributed by atoms with van der Waals surface area (Å²) in [5.74, 6) is 0.838. The first-order chi connectivity index (χ1) is 15.1. The summed E-state index contributed by atoms with van der Waals surface area (Å²) in [6.07, 6.45) is 7.66. The summed E-state index contributed by atoms with van der Waals surface area (Å²) in [7, 11) is 1.80. The molecule has 2 aromatic rings. The Labute approximate surface area is 184 Å². The van der Waals surface area contributed by atoms with Gasteiger partial charge in [-0.1, -0.05) is 25.0 Å². The molecule has 3 rings (SSSR count). The molecule has 1 aromatic heterocycles. The van der Waals surface area contributed by atoms with Crippen molar-refractivity contribution in [1.82, 2.24) is 10.6 Å². The standard InChI is InChI=1S/C24H34N4O3/c1-3-30-16-14-24(12-4-5-13-24)18-27-23(25-2)26-17-19-8-10-20(11-9-19)28-22(29)21-7-6-15-31-21/h6-11,15H,3-5,12-14,16-18H2,1-2H3,(H,28,29)(H2,25,26,27). The molecule has 1 amide bonds. The molecule has 0 radical (unpaired) electrons. The number of carbonyl (C=O) groups is 1. The van der Waals surface area contributed by atoms with E-state index in [9.17, 15) is 4.79 Å². The number of aliphatic imine (C=N–C) groups is 1. The van der Waals surface area contributed by atoms with E-state index >= 15 is 0 Å². The Morgan fingerprint density at radius 3 is 2.58 bits per heavy atom. The van der Waals surface area contributed by atoms with Crippen molar-refractivity contribution in [3.8, 4) is 0 Å². The predicted octanol–water partition coefficient (Wildman–Crippen LogP) is 4.18. The molecule has 0 unspecified atom stereocenters. The van der Waals surface area contributed by atoms with Crippen LogP contribution in [0.5, 0.6) is 0 Å². The number of carbonyl (C=O) groups excluding carboxylic acids is 1. The summed E-state index contributed by atoms with van der Waals surface area (Å²) in [5, 5.41) is 9.73. The second kappa shape index (κ2) is 11.6. The van der Waals surface area contributed by atoms with E-state index < -0.39 is 0 Å². The number of ether oxygens (including phenoxy) is 1. The van der Waals surface area contributed by atoms with Gasteiger partial charge < -0.3 is 25.1 Å². The Morgan fingerprint density at radius 1 is 1.16 bits per heavy atom. The number of rotatable bonds is 10. The Bertz CT molecular complexity index is 825. The van der Waals surface area contributed by atoms with Crippen molar-refractivity contribution >= 4 is 17.6 Å². The molecule has 3 N–H and O–H groups in total. The van der Waals surface area contributed by atoms with Gasteiger partial charge in [0.15, 0.2) is 11.7 Å². The molecule has 0 aliphatic heterocycles. The summed E-state index contributed by atoms with van der Waals surface area (Å²) in [5.41, 5.74) is 2.14. The van der Waals surface area contributed by atoms with Crippen LogP contribution in [-0.4, -0.2) is 38.7 Å². The molecule has 1 aliphatic rings. The number of hydrogen-bond donors (Lipinski definition) is 3. The first-order valence-corrected chi connectivity index (χ1v) is 11.1. The molecular formula is C24H34N4O3. The van der Waals surface area contributed by atoms with E-state index in [0.717, 1.165) is 43.4 Å². The highest BCUT2D eigenvalue weighted by Crippen LogP contribution is 2.40. The zero-order valence-corrected chi connectivity index (χ0v) is 18.6. The number of amides is 1. The fraction of sp³-hybridized carbons (Fsp3) is 0.500. The van der Waals surface area contributed by atoms with Gasteiger partial charge in [-0.15, -0.1) is 0 Å². The van der Waals surface area contributed by atoms with Gasteiger partial charge >= 0.3 is 0 Å². The van der Waals surface area contributed by atoms with Gasteiger partial charge in [0.2, 0.25) is 0 Å². The zero-order valence-electron chi connectivity index (χ0n) is 18.6. The summed E-state index contributed by atoms with van der Waals surface area (Å²) < 4.78 is 10.7. The largest absolute Gasteiger partial charge is 0.459 e.